The maximum atomic E-state index is 12.0. The van der Waals surface area contributed by atoms with Crippen LogP contribution in [0.15, 0.2) is 71.4 Å². The van der Waals surface area contributed by atoms with Gasteiger partial charge in [0.1, 0.15) is 6.61 Å². The smallest absolute Gasteiger partial charge is 0.306 e. The molecule has 0 radical (unpaired) electrons. The first-order valence-electron chi connectivity index (χ1n) is 16.3. The molecule has 0 amide bonds. The van der Waals surface area contributed by atoms with Crippen LogP contribution >= 0.6 is 0 Å². The minimum Gasteiger partial charge on any atom is -0.461 e. The number of carbonyl (C=O) groups excluding carboxylic acids is 1. The zero-order valence-corrected chi connectivity index (χ0v) is 27.1. The molecule has 0 spiro atoms. The summed E-state index contributed by atoms with van der Waals surface area (Å²) in [6.45, 7) is 14.2. The summed E-state index contributed by atoms with van der Waals surface area (Å²) in [5.74, 6) is 0.653. The lowest BCUT2D eigenvalue weighted by molar-refractivity contribution is -0.142. The van der Waals surface area contributed by atoms with Crippen LogP contribution in [0.3, 0.4) is 0 Å². The van der Waals surface area contributed by atoms with E-state index in [1.807, 2.05) is 0 Å². The van der Waals surface area contributed by atoms with Gasteiger partial charge in [-0.2, -0.15) is 0 Å². The Morgan fingerprint density at radius 3 is 2.23 bits per heavy atom. The highest BCUT2D eigenvalue weighted by molar-refractivity contribution is 5.69. The van der Waals surface area contributed by atoms with Crippen LogP contribution in [-0.4, -0.2) is 12.6 Å². The molecule has 1 aliphatic rings. The van der Waals surface area contributed by atoms with Gasteiger partial charge in [0.05, 0.1) is 0 Å². The van der Waals surface area contributed by atoms with Crippen molar-refractivity contribution in [3.05, 3.63) is 71.4 Å². The van der Waals surface area contributed by atoms with Crippen molar-refractivity contribution >= 4 is 5.97 Å². The maximum absolute atomic E-state index is 12.0. The molecule has 0 aliphatic heterocycles. The largest absolute Gasteiger partial charge is 0.461 e. The number of unbranched alkanes of at least 4 members (excludes halogenated alkanes) is 5. The summed E-state index contributed by atoms with van der Waals surface area (Å²) in [5.41, 5.74) is 4.82. The third-order valence-corrected chi connectivity index (χ3v) is 8.31. The Labute approximate surface area is 248 Å². The molecule has 0 fully saturated rings. The molecule has 0 bridgehead atoms. The van der Waals surface area contributed by atoms with Crippen LogP contribution in [0.25, 0.3) is 0 Å². The fourth-order valence-electron chi connectivity index (χ4n) is 5.58. The Morgan fingerprint density at radius 2 is 1.50 bits per heavy atom. The lowest BCUT2D eigenvalue weighted by atomic mass is 9.67. The monoisotopic (exact) mass is 550 g/mol. The molecule has 1 unspecified atom stereocenters. The van der Waals surface area contributed by atoms with Crippen molar-refractivity contribution < 1.29 is 9.53 Å². The SMILES string of the molecule is CCC=CCC=CCC=CCCCCCCCC(=O)OCC=C(C)CCC=C(C)CCC1C(C)=CCCC1(C)C. The normalized spacial score (nSPS) is 18.2. The van der Waals surface area contributed by atoms with Crippen LogP contribution < -0.4 is 0 Å². The first kappa shape index (κ1) is 35.9. The van der Waals surface area contributed by atoms with Crippen LogP contribution in [0.4, 0.5) is 0 Å². The topological polar surface area (TPSA) is 26.3 Å². The zero-order chi connectivity index (χ0) is 29.5. The summed E-state index contributed by atoms with van der Waals surface area (Å²) in [4.78, 5) is 12.0. The van der Waals surface area contributed by atoms with Crippen molar-refractivity contribution in [2.24, 2.45) is 11.3 Å². The van der Waals surface area contributed by atoms with Crippen molar-refractivity contribution in [3.63, 3.8) is 0 Å². The summed E-state index contributed by atoms with van der Waals surface area (Å²) < 4.78 is 5.44. The van der Waals surface area contributed by atoms with Gasteiger partial charge in [0.15, 0.2) is 0 Å². The van der Waals surface area contributed by atoms with E-state index in [2.05, 4.69) is 96.2 Å². The molecular weight excluding hydrogens is 488 g/mol. The number of esters is 1. The van der Waals surface area contributed by atoms with Crippen molar-refractivity contribution in [2.45, 2.75) is 144 Å². The summed E-state index contributed by atoms with van der Waals surface area (Å²) in [7, 11) is 0. The average Bonchev–Trinajstić information content (AvgIpc) is 2.90. The fourth-order valence-corrected chi connectivity index (χ4v) is 5.58. The van der Waals surface area contributed by atoms with Gasteiger partial charge in [-0.15, -0.1) is 0 Å². The van der Waals surface area contributed by atoms with Gasteiger partial charge in [-0.1, -0.05) is 105 Å². The molecule has 0 aromatic rings. The number of carbonyl (C=O) groups is 1. The molecule has 40 heavy (non-hydrogen) atoms. The predicted octanol–water partition coefficient (Wildman–Crippen LogP) is 12.0. The molecule has 0 saturated carbocycles. The van der Waals surface area contributed by atoms with Crippen molar-refractivity contribution in [3.8, 4) is 0 Å². The lowest BCUT2D eigenvalue weighted by Crippen LogP contribution is -2.27. The highest BCUT2D eigenvalue weighted by atomic mass is 16.5. The predicted molar refractivity (Wildman–Crippen MR) is 176 cm³/mol. The van der Waals surface area contributed by atoms with E-state index in [4.69, 9.17) is 4.74 Å². The van der Waals surface area contributed by atoms with Gasteiger partial charge < -0.3 is 4.74 Å². The summed E-state index contributed by atoms with van der Waals surface area (Å²) in [6.07, 6.45) is 38.1. The quantitative estimate of drug-likeness (QED) is 0.0807. The number of rotatable bonds is 21. The van der Waals surface area contributed by atoms with E-state index in [0.29, 0.717) is 24.4 Å². The standard InChI is InChI=1S/C38H62O2/c1-7-8-9-10-11-12-13-14-15-16-17-18-19-20-21-27-37(39)40-32-30-34(3)25-22-24-33(2)28-29-36-35(4)26-23-31-38(36,5)6/h8-9,11-12,14-15,24,26,30,36H,7,10,13,16-23,25,27-29,31-32H2,1-6H3. The molecule has 226 valence electrons. The minimum atomic E-state index is -0.0593. The number of ether oxygens (including phenoxy) is 1. The van der Waals surface area contributed by atoms with E-state index in [9.17, 15) is 4.79 Å². The van der Waals surface area contributed by atoms with Crippen LogP contribution in [0.5, 0.6) is 0 Å². The van der Waals surface area contributed by atoms with Crippen molar-refractivity contribution in [1.82, 2.24) is 0 Å². The first-order chi connectivity index (χ1) is 19.3. The highest BCUT2D eigenvalue weighted by Gasteiger charge is 2.32. The van der Waals surface area contributed by atoms with Crippen molar-refractivity contribution in [2.75, 3.05) is 6.61 Å². The summed E-state index contributed by atoms with van der Waals surface area (Å²) in [6, 6.07) is 0. The summed E-state index contributed by atoms with van der Waals surface area (Å²) in [5, 5.41) is 0. The Morgan fingerprint density at radius 1 is 0.850 bits per heavy atom. The van der Waals surface area contributed by atoms with Gasteiger partial charge in [0.2, 0.25) is 0 Å². The van der Waals surface area contributed by atoms with Crippen LogP contribution in [0.1, 0.15) is 144 Å². The van der Waals surface area contributed by atoms with Crippen molar-refractivity contribution in [1.29, 1.82) is 0 Å². The van der Waals surface area contributed by atoms with E-state index in [1.165, 1.54) is 56.1 Å². The molecule has 0 aromatic carbocycles. The third kappa shape index (κ3) is 18.3. The molecule has 2 heteroatoms. The molecule has 1 aliphatic carbocycles. The highest BCUT2D eigenvalue weighted by Crippen LogP contribution is 2.43. The average molecular weight is 551 g/mol. The molecular formula is C38H62O2. The van der Waals surface area contributed by atoms with Crippen LogP contribution in [-0.2, 0) is 9.53 Å². The van der Waals surface area contributed by atoms with Crippen LogP contribution in [0, 0.1) is 11.3 Å². The summed E-state index contributed by atoms with van der Waals surface area (Å²) >= 11 is 0. The number of allylic oxidation sites excluding steroid dienone is 11. The molecule has 0 N–H and O–H groups in total. The number of hydrogen-bond acceptors (Lipinski definition) is 2. The van der Waals surface area contributed by atoms with Gasteiger partial charge in [-0.3, -0.25) is 4.79 Å². The second-order valence-corrected chi connectivity index (χ2v) is 12.5. The van der Waals surface area contributed by atoms with Crippen LogP contribution in [0.2, 0.25) is 0 Å². The molecule has 2 nitrogen and oxygen atoms in total. The van der Waals surface area contributed by atoms with E-state index < -0.39 is 0 Å². The zero-order valence-electron chi connectivity index (χ0n) is 27.1. The second-order valence-electron chi connectivity index (χ2n) is 12.5. The molecule has 1 rings (SSSR count). The maximum Gasteiger partial charge on any atom is 0.306 e. The van der Waals surface area contributed by atoms with E-state index in [0.717, 1.165) is 51.4 Å². The van der Waals surface area contributed by atoms with E-state index in [-0.39, 0.29) is 5.97 Å². The number of hydrogen-bond donors (Lipinski definition) is 0. The molecule has 1 atom stereocenters. The molecule has 0 heterocycles. The fraction of sp³-hybridized carbons (Fsp3) is 0.658. The van der Waals surface area contributed by atoms with Gasteiger partial charge in [-0.05, 0) is 115 Å². The molecule has 0 saturated heterocycles. The second kappa shape index (κ2) is 22.6. The van der Waals surface area contributed by atoms with Gasteiger partial charge >= 0.3 is 5.97 Å². The Balaban J connectivity index is 2.05. The Hall–Kier alpha value is -2.09. The minimum absolute atomic E-state index is 0.0593. The van der Waals surface area contributed by atoms with E-state index >= 15 is 0 Å². The molecule has 0 aromatic heterocycles. The van der Waals surface area contributed by atoms with E-state index in [1.54, 1.807) is 5.57 Å². The Bertz CT molecular complexity index is 862. The van der Waals surface area contributed by atoms with Gasteiger partial charge in [-0.25, -0.2) is 0 Å². The Kier molecular flexibility index (Phi) is 20.3. The lowest BCUT2D eigenvalue weighted by Gasteiger charge is -2.38. The third-order valence-electron chi connectivity index (χ3n) is 8.31. The van der Waals surface area contributed by atoms with Gasteiger partial charge in [0.25, 0.3) is 0 Å². The first-order valence-corrected chi connectivity index (χ1v) is 16.3. The van der Waals surface area contributed by atoms with Gasteiger partial charge in [0, 0.05) is 6.42 Å².